The van der Waals surface area contributed by atoms with Gasteiger partial charge in [0, 0.05) is 12.8 Å². The van der Waals surface area contributed by atoms with Gasteiger partial charge in [-0.1, -0.05) is 11.8 Å². The third kappa shape index (κ3) is 3.37. The molecule has 0 unspecified atom stereocenters. The average Bonchev–Trinajstić information content (AvgIpc) is 2.41. The first-order valence-corrected chi connectivity index (χ1v) is 6.69. The predicted octanol–water partition coefficient (Wildman–Crippen LogP) is 0.598. The lowest BCUT2D eigenvalue weighted by Gasteiger charge is -2.08. The minimum Gasteiger partial charge on any atom is -0.478 e. The highest BCUT2D eigenvalue weighted by molar-refractivity contribution is 7.98. The fourth-order valence-corrected chi connectivity index (χ4v) is 2.53. The first-order chi connectivity index (χ1) is 9.88. The van der Waals surface area contributed by atoms with Gasteiger partial charge in [-0.3, -0.25) is 19.4 Å². The van der Waals surface area contributed by atoms with E-state index in [2.05, 4.69) is 10.1 Å². The number of rotatable bonds is 4. The molecule has 1 heterocycles. The summed E-state index contributed by atoms with van der Waals surface area (Å²) in [6, 6.07) is 3.35. The molecule has 0 aliphatic carbocycles. The van der Waals surface area contributed by atoms with Crippen LogP contribution in [-0.2, 0) is 12.8 Å². The Bertz CT molecular complexity index is 815. The summed E-state index contributed by atoms with van der Waals surface area (Å²) < 4.78 is 14.5. The first-order valence-electron chi connectivity index (χ1n) is 5.70. The maximum atomic E-state index is 13.2. The highest BCUT2D eigenvalue weighted by Gasteiger charge is 2.13. The summed E-state index contributed by atoms with van der Waals surface area (Å²) >= 11 is 1.01. The third-order valence-electron chi connectivity index (χ3n) is 2.60. The van der Waals surface area contributed by atoms with Crippen LogP contribution in [0, 0.1) is 5.82 Å². The molecule has 0 amide bonds. The van der Waals surface area contributed by atoms with E-state index >= 15 is 0 Å². The van der Waals surface area contributed by atoms with E-state index in [1.54, 1.807) is 0 Å². The molecule has 0 radical (unpaired) electrons. The SMILES string of the molecule is Cn1[nH]c(=O)c(=O)nc1SCc1cc(F)ccc1C(=O)O. The van der Waals surface area contributed by atoms with Crippen LogP contribution in [-0.4, -0.2) is 25.8 Å². The van der Waals surface area contributed by atoms with E-state index in [9.17, 15) is 18.8 Å². The van der Waals surface area contributed by atoms with Gasteiger partial charge in [0.1, 0.15) is 5.82 Å². The number of thioether (sulfide) groups is 1. The van der Waals surface area contributed by atoms with Crippen molar-refractivity contribution in [2.24, 2.45) is 7.05 Å². The number of hydrogen-bond donors (Lipinski definition) is 2. The van der Waals surface area contributed by atoms with E-state index in [4.69, 9.17) is 5.11 Å². The molecule has 1 aromatic carbocycles. The number of carboxylic acid groups (broad SMARTS) is 1. The molecule has 0 saturated carbocycles. The van der Waals surface area contributed by atoms with Crippen molar-refractivity contribution in [3.8, 4) is 0 Å². The number of nitrogens with one attached hydrogen (secondary N) is 1. The number of aromatic nitrogens is 3. The summed E-state index contributed by atoms with van der Waals surface area (Å²) in [5, 5.41) is 11.5. The largest absolute Gasteiger partial charge is 0.478 e. The van der Waals surface area contributed by atoms with Crippen LogP contribution in [0.5, 0.6) is 0 Å². The van der Waals surface area contributed by atoms with Crippen LogP contribution in [0.4, 0.5) is 4.39 Å². The first kappa shape index (κ1) is 15.0. The molecule has 21 heavy (non-hydrogen) atoms. The second kappa shape index (κ2) is 5.92. The van der Waals surface area contributed by atoms with Crippen LogP contribution >= 0.6 is 11.8 Å². The van der Waals surface area contributed by atoms with Crippen molar-refractivity contribution in [2.45, 2.75) is 10.9 Å². The zero-order valence-electron chi connectivity index (χ0n) is 10.8. The topological polar surface area (TPSA) is 105 Å². The molecule has 2 N–H and O–H groups in total. The van der Waals surface area contributed by atoms with E-state index in [-0.39, 0.29) is 22.0 Å². The van der Waals surface area contributed by atoms with Crippen LogP contribution in [0.15, 0.2) is 32.9 Å². The minimum atomic E-state index is -1.17. The minimum absolute atomic E-state index is 0.0293. The number of aromatic carboxylic acids is 1. The summed E-state index contributed by atoms with van der Waals surface area (Å²) in [5.74, 6) is -1.64. The quantitative estimate of drug-likeness (QED) is 0.633. The fourth-order valence-electron chi connectivity index (χ4n) is 1.62. The lowest BCUT2D eigenvalue weighted by molar-refractivity contribution is 0.0696. The van der Waals surface area contributed by atoms with E-state index < -0.39 is 22.9 Å². The number of aromatic amines is 1. The molecular formula is C12H10FN3O4S. The number of H-pyrrole nitrogens is 1. The molecule has 2 aromatic rings. The van der Waals surface area contributed by atoms with Gasteiger partial charge >= 0.3 is 17.1 Å². The number of nitrogens with zero attached hydrogens (tertiary/aromatic N) is 2. The van der Waals surface area contributed by atoms with Crippen LogP contribution in [0.25, 0.3) is 0 Å². The maximum absolute atomic E-state index is 13.2. The molecule has 0 spiro atoms. The number of halogens is 1. The summed E-state index contributed by atoms with van der Waals surface area (Å²) in [6.45, 7) is 0. The molecule has 1 aromatic heterocycles. The van der Waals surface area contributed by atoms with Crippen LogP contribution in [0.1, 0.15) is 15.9 Å². The Kier molecular flexibility index (Phi) is 4.22. The van der Waals surface area contributed by atoms with Gasteiger partial charge in [0.05, 0.1) is 5.56 Å². The molecule has 2 rings (SSSR count). The van der Waals surface area contributed by atoms with Crippen molar-refractivity contribution < 1.29 is 14.3 Å². The summed E-state index contributed by atoms with van der Waals surface area (Å²) in [4.78, 5) is 36.9. The van der Waals surface area contributed by atoms with Crippen molar-refractivity contribution in [3.05, 3.63) is 55.9 Å². The van der Waals surface area contributed by atoms with Crippen molar-refractivity contribution in [2.75, 3.05) is 0 Å². The molecular weight excluding hydrogens is 301 g/mol. The highest BCUT2D eigenvalue weighted by atomic mass is 32.2. The Labute approximate surface area is 121 Å². The van der Waals surface area contributed by atoms with Crippen LogP contribution in [0.2, 0.25) is 0 Å². The van der Waals surface area contributed by atoms with Crippen molar-refractivity contribution in [3.63, 3.8) is 0 Å². The number of hydrogen-bond acceptors (Lipinski definition) is 5. The lowest BCUT2D eigenvalue weighted by atomic mass is 10.1. The smallest absolute Gasteiger partial charge is 0.339 e. The van der Waals surface area contributed by atoms with Gasteiger partial charge in [0.15, 0.2) is 5.16 Å². The number of carbonyl (C=O) groups is 1. The molecule has 9 heteroatoms. The van der Waals surface area contributed by atoms with Gasteiger partial charge in [0.2, 0.25) is 0 Å². The van der Waals surface area contributed by atoms with Gasteiger partial charge in [-0.2, -0.15) is 4.98 Å². The number of carboxylic acids is 1. The number of benzene rings is 1. The Morgan fingerprint density at radius 1 is 1.48 bits per heavy atom. The third-order valence-corrected chi connectivity index (χ3v) is 3.68. The highest BCUT2D eigenvalue weighted by Crippen LogP contribution is 2.22. The molecule has 0 atom stereocenters. The zero-order chi connectivity index (χ0) is 15.6. The Morgan fingerprint density at radius 2 is 2.19 bits per heavy atom. The lowest BCUT2D eigenvalue weighted by Crippen LogP contribution is -2.33. The van der Waals surface area contributed by atoms with E-state index in [1.807, 2.05) is 0 Å². The normalized spacial score (nSPS) is 10.6. The monoisotopic (exact) mass is 311 g/mol. The van der Waals surface area contributed by atoms with Gasteiger partial charge in [-0.15, -0.1) is 0 Å². The van der Waals surface area contributed by atoms with Gasteiger partial charge in [-0.05, 0) is 23.8 Å². The molecule has 0 saturated heterocycles. The molecule has 0 fully saturated rings. The second-order valence-corrected chi connectivity index (χ2v) is 5.04. The van der Waals surface area contributed by atoms with Gasteiger partial charge in [-0.25, -0.2) is 9.18 Å². The van der Waals surface area contributed by atoms with Crippen molar-refractivity contribution in [1.29, 1.82) is 0 Å². The standard InChI is InChI=1S/C12H10FN3O4S/c1-16-12(14-9(17)10(18)15-16)21-5-6-4-7(13)2-3-8(6)11(19)20/h2-4H,5H2,1H3,(H,15,18)(H,19,20). The predicted molar refractivity (Wildman–Crippen MR) is 73.0 cm³/mol. The molecule has 7 nitrogen and oxygen atoms in total. The van der Waals surface area contributed by atoms with Crippen molar-refractivity contribution in [1.82, 2.24) is 14.8 Å². The van der Waals surface area contributed by atoms with Crippen molar-refractivity contribution >= 4 is 17.7 Å². The van der Waals surface area contributed by atoms with E-state index in [0.717, 1.165) is 23.9 Å². The average molecular weight is 311 g/mol. The van der Waals surface area contributed by atoms with Crippen LogP contribution < -0.4 is 11.1 Å². The molecule has 0 aliphatic heterocycles. The van der Waals surface area contributed by atoms with E-state index in [1.165, 1.54) is 17.8 Å². The Morgan fingerprint density at radius 3 is 2.86 bits per heavy atom. The maximum Gasteiger partial charge on any atom is 0.339 e. The molecule has 110 valence electrons. The fraction of sp³-hybridized carbons (Fsp3) is 0.167. The van der Waals surface area contributed by atoms with Gasteiger partial charge in [0.25, 0.3) is 0 Å². The zero-order valence-corrected chi connectivity index (χ0v) is 11.6. The molecule has 0 bridgehead atoms. The Balaban J connectivity index is 2.30. The van der Waals surface area contributed by atoms with Gasteiger partial charge < -0.3 is 5.11 Å². The summed E-state index contributed by atoms with van der Waals surface area (Å²) in [6.07, 6.45) is 0. The Hall–Kier alpha value is -2.42. The summed E-state index contributed by atoms with van der Waals surface area (Å²) in [5.41, 5.74) is -1.56. The molecule has 0 aliphatic rings. The number of aryl methyl sites for hydroxylation is 1. The van der Waals surface area contributed by atoms with Crippen LogP contribution in [0.3, 0.4) is 0 Å². The van der Waals surface area contributed by atoms with E-state index in [0.29, 0.717) is 0 Å². The summed E-state index contributed by atoms with van der Waals surface area (Å²) in [7, 11) is 1.49. The second-order valence-electron chi connectivity index (χ2n) is 4.09.